The molecule has 0 saturated carbocycles. The van der Waals surface area contributed by atoms with Crippen molar-refractivity contribution in [1.29, 1.82) is 0 Å². The minimum absolute atomic E-state index is 0.138. The van der Waals surface area contributed by atoms with Gasteiger partial charge in [0.25, 0.3) is 0 Å². The molecule has 0 spiro atoms. The van der Waals surface area contributed by atoms with E-state index < -0.39 is 12.0 Å². The van der Waals surface area contributed by atoms with Crippen molar-refractivity contribution in [2.45, 2.75) is 50.5 Å². The van der Waals surface area contributed by atoms with E-state index in [1.54, 1.807) is 0 Å². The molecule has 0 aromatic heterocycles. The van der Waals surface area contributed by atoms with Crippen LogP contribution in [0.1, 0.15) is 58.9 Å². The Kier molecular flexibility index (Phi) is 6.98. The summed E-state index contributed by atoms with van der Waals surface area (Å²) in [5, 5.41) is 3.52. The van der Waals surface area contributed by atoms with Crippen LogP contribution in [-0.2, 0) is 29.0 Å². The second-order valence-electron chi connectivity index (χ2n) is 10.3. The number of aryl methyl sites for hydroxylation is 1. The van der Waals surface area contributed by atoms with Crippen LogP contribution in [0.3, 0.4) is 0 Å². The summed E-state index contributed by atoms with van der Waals surface area (Å²) in [4.78, 5) is 28.5. The SMILES string of the molecule is O=C(NCCC1c2cc3c4c(c2OC(=O)C1c1ccc(Cl)cc1)CCCN4CCC3)OCc1ccccc1. The second kappa shape index (κ2) is 10.7. The Morgan fingerprint density at radius 3 is 2.61 bits per heavy atom. The molecule has 3 aliphatic rings. The van der Waals surface area contributed by atoms with Gasteiger partial charge in [-0.25, -0.2) is 4.79 Å². The zero-order valence-electron chi connectivity index (χ0n) is 21.3. The minimum atomic E-state index is -0.476. The standard InChI is InChI=1S/C31H31ClN2O4/c32-23-12-10-21(11-13-23)27-24(14-15-33-31(36)37-19-20-6-2-1-3-7-20)26-18-22-8-4-16-34-17-5-9-25(28(22)34)29(26)38-30(27)35/h1-3,6-7,10-13,18,24,27H,4-5,8-9,14-17,19H2,(H,33,36). The van der Waals surface area contributed by atoms with Gasteiger partial charge in [-0.15, -0.1) is 0 Å². The molecule has 0 fully saturated rings. The van der Waals surface area contributed by atoms with Crippen molar-refractivity contribution in [1.82, 2.24) is 5.32 Å². The van der Waals surface area contributed by atoms with Gasteiger partial charge in [0.2, 0.25) is 0 Å². The lowest BCUT2D eigenvalue weighted by atomic mass is 9.75. The molecule has 196 valence electrons. The topological polar surface area (TPSA) is 67.9 Å². The van der Waals surface area contributed by atoms with Gasteiger partial charge in [-0.2, -0.15) is 0 Å². The number of amides is 1. The average molecular weight is 531 g/mol. The number of fused-ring (bicyclic) bond motifs is 2. The Balaban J connectivity index is 1.28. The number of ether oxygens (including phenoxy) is 2. The van der Waals surface area contributed by atoms with E-state index in [0.717, 1.165) is 61.2 Å². The maximum atomic E-state index is 13.6. The smallest absolute Gasteiger partial charge is 0.407 e. The number of halogens is 1. The molecule has 3 aromatic rings. The third-order valence-electron chi connectivity index (χ3n) is 7.93. The van der Waals surface area contributed by atoms with Crippen LogP contribution in [0, 0.1) is 0 Å². The van der Waals surface area contributed by atoms with E-state index in [4.69, 9.17) is 21.1 Å². The maximum Gasteiger partial charge on any atom is 0.407 e. The molecule has 2 atom stereocenters. The van der Waals surface area contributed by atoms with Gasteiger partial charge >= 0.3 is 12.1 Å². The molecule has 6 nitrogen and oxygen atoms in total. The molecule has 2 unspecified atom stereocenters. The van der Waals surface area contributed by atoms with Crippen LogP contribution in [0.25, 0.3) is 0 Å². The number of carbonyl (C=O) groups is 2. The number of alkyl carbamates (subject to hydrolysis) is 1. The fraction of sp³-hybridized carbons (Fsp3) is 0.355. The van der Waals surface area contributed by atoms with Gasteiger partial charge in [0, 0.05) is 41.8 Å². The third-order valence-corrected chi connectivity index (χ3v) is 8.18. The van der Waals surface area contributed by atoms with Crippen molar-refractivity contribution < 1.29 is 19.1 Å². The Bertz CT molecular complexity index is 1340. The number of carbonyl (C=O) groups excluding carboxylic acids is 2. The number of nitrogens with zero attached hydrogens (tertiary/aromatic N) is 1. The highest BCUT2D eigenvalue weighted by molar-refractivity contribution is 6.30. The van der Waals surface area contributed by atoms with Gasteiger partial charge in [-0.3, -0.25) is 4.79 Å². The number of rotatable bonds is 6. The number of nitrogens with one attached hydrogen (secondary N) is 1. The monoisotopic (exact) mass is 530 g/mol. The number of hydrogen-bond acceptors (Lipinski definition) is 5. The number of esters is 1. The van der Waals surface area contributed by atoms with E-state index in [9.17, 15) is 9.59 Å². The van der Waals surface area contributed by atoms with Gasteiger partial charge in [0.05, 0.1) is 5.92 Å². The Morgan fingerprint density at radius 1 is 1.05 bits per heavy atom. The lowest BCUT2D eigenvalue weighted by Crippen LogP contribution is -2.38. The molecule has 6 rings (SSSR count). The van der Waals surface area contributed by atoms with Crippen molar-refractivity contribution in [3.63, 3.8) is 0 Å². The van der Waals surface area contributed by atoms with Crippen LogP contribution in [0.2, 0.25) is 5.02 Å². The average Bonchev–Trinajstić information content (AvgIpc) is 2.94. The van der Waals surface area contributed by atoms with Crippen molar-refractivity contribution in [2.75, 3.05) is 24.5 Å². The molecule has 0 radical (unpaired) electrons. The lowest BCUT2D eigenvalue weighted by Gasteiger charge is -2.41. The Morgan fingerprint density at radius 2 is 1.82 bits per heavy atom. The Hall–Kier alpha value is -3.51. The summed E-state index contributed by atoms with van der Waals surface area (Å²) in [5.74, 6) is -0.126. The lowest BCUT2D eigenvalue weighted by molar-refractivity contribution is -0.138. The molecular weight excluding hydrogens is 500 g/mol. The largest absolute Gasteiger partial charge is 0.445 e. The first kappa shape index (κ1) is 24.8. The molecule has 1 N–H and O–H groups in total. The zero-order chi connectivity index (χ0) is 26.1. The van der Waals surface area contributed by atoms with Crippen LogP contribution in [-0.4, -0.2) is 31.7 Å². The molecule has 3 aliphatic heterocycles. The van der Waals surface area contributed by atoms with Crippen molar-refractivity contribution in [3.8, 4) is 5.75 Å². The van der Waals surface area contributed by atoms with Gasteiger partial charge in [-0.05, 0) is 72.6 Å². The fourth-order valence-electron chi connectivity index (χ4n) is 6.22. The third kappa shape index (κ3) is 4.85. The normalized spacial score (nSPS) is 19.7. The van der Waals surface area contributed by atoms with Crippen LogP contribution < -0.4 is 15.0 Å². The quantitative estimate of drug-likeness (QED) is 0.306. The molecule has 7 heteroatoms. The van der Waals surface area contributed by atoms with Crippen LogP contribution in [0.4, 0.5) is 10.5 Å². The summed E-state index contributed by atoms with van der Waals surface area (Å²) in [6.45, 7) is 2.70. The van der Waals surface area contributed by atoms with E-state index in [0.29, 0.717) is 18.0 Å². The highest BCUT2D eigenvalue weighted by atomic mass is 35.5. The van der Waals surface area contributed by atoms with Gasteiger partial charge in [-0.1, -0.05) is 54.1 Å². The highest BCUT2D eigenvalue weighted by Crippen LogP contribution is 2.51. The molecule has 3 heterocycles. The summed E-state index contributed by atoms with van der Waals surface area (Å²) < 4.78 is 11.5. The summed E-state index contributed by atoms with van der Waals surface area (Å²) in [5.41, 5.74) is 6.67. The van der Waals surface area contributed by atoms with E-state index in [1.165, 1.54) is 16.8 Å². The first-order valence-corrected chi connectivity index (χ1v) is 13.8. The summed E-state index contributed by atoms with van der Waals surface area (Å²) in [6, 6.07) is 19.3. The van der Waals surface area contributed by atoms with E-state index in [1.807, 2.05) is 54.6 Å². The molecule has 3 aromatic carbocycles. The number of hydrogen-bond donors (Lipinski definition) is 1. The van der Waals surface area contributed by atoms with E-state index in [-0.39, 0.29) is 18.5 Å². The summed E-state index contributed by atoms with van der Waals surface area (Å²) in [7, 11) is 0. The molecule has 1 amide bonds. The van der Waals surface area contributed by atoms with E-state index in [2.05, 4.69) is 16.3 Å². The van der Waals surface area contributed by atoms with Crippen molar-refractivity contribution >= 4 is 29.4 Å². The molecule has 38 heavy (non-hydrogen) atoms. The van der Waals surface area contributed by atoms with E-state index >= 15 is 0 Å². The summed E-state index contributed by atoms with van der Waals surface area (Å²) in [6.07, 6.45) is 4.25. The molecular formula is C31H31ClN2O4. The number of anilines is 1. The van der Waals surface area contributed by atoms with Crippen molar-refractivity contribution in [2.24, 2.45) is 0 Å². The molecule has 0 aliphatic carbocycles. The predicted octanol–water partition coefficient (Wildman–Crippen LogP) is 6.14. The zero-order valence-corrected chi connectivity index (χ0v) is 22.0. The van der Waals surface area contributed by atoms with Gasteiger partial charge < -0.3 is 19.7 Å². The first-order valence-electron chi connectivity index (χ1n) is 13.4. The highest BCUT2D eigenvalue weighted by Gasteiger charge is 2.42. The van der Waals surface area contributed by atoms with Crippen LogP contribution >= 0.6 is 11.6 Å². The van der Waals surface area contributed by atoms with Gasteiger partial charge in [0.15, 0.2) is 0 Å². The fourth-order valence-corrected chi connectivity index (χ4v) is 6.35. The van der Waals surface area contributed by atoms with Gasteiger partial charge in [0.1, 0.15) is 12.4 Å². The number of benzene rings is 3. The molecule has 0 bridgehead atoms. The van der Waals surface area contributed by atoms with Crippen LogP contribution in [0.5, 0.6) is 5.75 Å². The second-order valence-corrected chi connectivity index (χ2v) is 10.7. The minimum Gasteiger partial charge on any atom is -0.445 e. The molecule has 0 saturated heterocycles. The predicted molar refractivity (Wildman–Crippen MR) is 147 cm³/mol. The first-order chi connectivity index (χ1) is 18.6. The maximum absolute atomic E-state index is 13.6. The summed E-state index contributed by atoms with van der Waals surface area (Å²) >= 11 is 6.15. The van der Waals surface area contributed by atoms with Crippen LogP contribution in [0.15, 0.2) is 60.7 Å². The van der Waals surface area contributed by atoms with Crippen molar-refractivity contribution in [3.05, 3.63) is 93.5 Å². The Labute approximate surface area is 227 Å².